The van der Waals surface area contributed by atoms with Crippen LogP contribution < -0.4 is 10.1 Å². The molecular weight excluding hydrogens is 405 g/mol. The van der Waals surface area contributed by atoms with Crippen molar-refractivity contribution in [3.05, 3.63) is 72.1 Å². The Morgan fingerprint density at radius 3 is 2.70 bits per heavy atom. The number of thiophene rings is 1. The summed E-state index contributed by atoms with van der Waals surface area (Å²) in [6.07, 6.45) is 7.37. The highest BCUT2D eigenvalue weighted by Crippen LogP contribution is 2.36. The molecule has 0 radical (unpaired) electrons. The Morgan fingerprint density at radius 2 is 2.00 bits per heavy atom. The third-order valence-electron chi connectivity index (χ3n) is 4.01. The van der Waals surface area contributed by atoms with E-state index in [1.165, 1.54) is 30.7 Å². The molecule has 0 fully saturated rings. The summed E-state index contributed by atoms with van der Waals surface area (Å²) in [6, 6.07) is 8.65. The normalized spacial score (nSPS) is 10.1. The van der Waals surface area contributed by atoms with Crippen molar-refractivity contribution in [1.82, 2.24) is 9.97 Å². The van der Waals surface area contributed by atoms with Gasteiger partial charge in [-0.25, -0.2) is 9.37 Å². The molecule has 0 aliphatic carbocycles. The molecule has 4 rings (SSSR count). The Balaban J connectivity index is 0.00000124. The van der Waals surface area contributed by atoms with Crippen LogP contribution in [0.5, 0.6) is 5.88 Å². The van der Waals surface area contributed by atoms with E-state index in [1.807, 2.05) is 26.0 Å². The molecule has 0 saturated heterocycles. The van der Waals surface area contributed by atoms with Gasteiger partial charge >= 0.3 is 0 Å². The number of ether oxygens (including phenoxy) is 1. The van der Waals surface area contributed by atoms with Gasteiger partial charge in [-0.05, 0) is 30.3 Å². The van der Waals surface area contributed by atoms with Crippen molar-refractivity contribution in [2.75, 3.05) is 12.4 Å². The van der Waals surface area contributed by atoms with Crippen LogP contribution in [0.4, 0.5) is 10.1 Å². The summed E-state index contributed by atoms with van der Waals surface area (Å²) in [7, 11) is 1.54. The Kier molecular flexibility index (Phi) is 6.92. The molecule has 0 aliphatic heterocycles. The lowest BCUT2D eigenvalue weighted by Crippen LogP contribution is -2.11. The van der Waals surface area contributed by atoms with Gasteiger partial charge in [0.2, 0.25) is 5.88 Å². The number of halogens is 1. The third kappa shape index (κ3) is 4.55. The van der Waals surface area contributed by atoms with Crippen LogP contribution in [0.15, 0.2) is 65.9 Å². The number of nitrogens with one attached hydrogen (secondary N) is 1. The third-order valence-corrected chi connectivity index (χ3v) is 5.13. The fraction of sp³-hybridized carbons (Fsp3) is 0.136. The summed E-state index contributed by atoms with van der Waals surface area (Å²) in [5, 5.41) is 2.55. The van der Waals surface area contributed by atoms with Gasteiger partial charge in [0, 0.05) is 28.4 Å². The first-order valence-corrected chi connectivity index (χ1v) is 10.0. The van der Waals surface area contributed by atoms with E-state index in [0.29, 0.717) is 10.8 Å². The Morgan fingerprint density at radius 1 is 1.17 bits per heavy atom. The molecule has 6 nitrogen and oxygen atoms in total. The molecule has 0 unspecified atom stereocenters. The highest BCUT2D eigenvalue weighted by molar-refractivity contribution is 7.17. The highest BCUT2D eigenvalue weighted by Gasteiger charge is 2.16. The van der Waals surface area contributed by atoms with Gasteiger partial charge in [0.05, 0.1) is 42.0 Å². The molecule has 154 valence electrons. The molecule has 0 atom stereocenters. The number of furan rings is 1. The first kappa shape index (κ1) is 21.2. The molecule has 0 aromatic carbocycles. The molecule has 0 saturated carbocycles. The zero-order chi connectivity index (χ0) is 21.5. The lowest BCUT2D eigenvalue weighted by Gasteiger charge is -2.07. The summed E-state index contributed by atoms with van der Waals surface area (Å²) < 4.78 is 24.2. The smallest absolute Gasteiger partial charge is 0.265 e. The summed E-state index contributed by atoms with van der Waals surface area (Å²) in [5.74, 6) is -0.549. The van der Waals surface area contributed by atoms with Crippen LogP contribution in [-0.4, -0.2) is 23.0 Å². The van der Waals surface area contributed by atoms with Crippen molar-refractivity contribution in [3.8, 4) is 27.4 Å². The van der Waals surface area contributed by atoms with Gasteiger partial charge in [0.25, 0.3) is 5.91 Å². The molecular formula is C22H20FN3O3S. The van der Waals surface area contributed by atoms with Crippen molar-refractivity contribution in [3.63, 3.8) is 0 Å². The van der Waals surface area contributed by atoms with Crippen LogP contribution in [0.2, 0.25) is 0 Å². The largest absolute Gasteiger partial charge is 0.481 e. The number of rotatable bonds is 5. The van der Waals surface area contributed by atoms with E-state index < -0.39 is 11.7 Å². The lowest BCUT2D eigenvalue weighted by molar-refractivity contribution is 0.103. The van der Waals surface area contributed by atoms with Crippen LogP contribution in [0.3, 0.4) is 0 Å². The van der Waals surface area contributed by atoms with Crippen molar-refractivity contribution < 1.29 is 18.3 Å². The second kappa shape index (κ2) is 9.80. The molecule has 1 N–H and O–H groups in total. The zero-order valence-corrected chi connectivity index (χ0v) is 17.5. The van der Waals surface area contributed by atoms with Crippen molar-refractivity contribution in [2.24, 2.45) is 0 Å². The average molecular weight is 425 g/mol. The number of methoxy groups -OCH3 is 1. The van der Waals surface area contributed by atoms with Crippen molar-refractivity contribution in [2.45, 2.75) is 13.8 Å². The number of hydrogen-bond donors (Lipinski definition) is 1. The number of nitrogens with zero attached hydrogens (tertiary/aromatic N) is 2. The molecule has 4 aromatic heterocycles. The first-order chi connectivity index (χ1) is 14.7. The quantitative estimate of drug-likeness (QED) is 0.431. The average Bonchev–Trinajstić information content (AvgIpc) is 3.49. The molecule has 8 heteroatoms. The monoisotopic (exact) mass is 425 g/mol. The van der Waals surface area contributed by atoms with Gasteiger partial charge in [0.15, 0.2) is 5.82 Å². The summed E-state index contributed by atoms with van der Waals surface area (Å²) in [4.78, 5) is 21.7. The minimum atomic E-state index is -0.591. The van der Waals surface area contributed by atoms with E-state index in [0.717, 1.165) is 27.8 Å². The van der Waals surface area contributed by atoms with Gasteiger partial charge in [-0.15, -0.1) is 11.3 Å². The number of hydrogen-bond acceptors (Lipinski definition) is 6. The topological polar surface area (TPSA) is 77.2 Å². The standard InChI is InChI=1S/C20H14FN3O3S.C2H6/c1-26-20-14(8-13(9-23-20)12-5-7-27-11-12)17-2-3-18(28-17)19(25)24-16-4-6-22-10-15(16)21;1-2/h2-11H,1H3,(H,22,24,25);1-2H3. The van der Waals surface area contributed by atoms with E-state index in [4.69, 9.17) is 9.15 Å². The summed E-state index contributed by atoms with van der Waals surface area (Å²) >= 11 is 1.26. The summed E-state index contributed by atoms with van der Waals surface area (Å²) in [6.45, 7) is 4.00. The predicted molar refractivity (Wildman–Crippen MR) is 115 cm³/mol. The number of aromatic nitrogens is 2. The highest BCUT2D eigenvalue weighted by atomic mass is 32.1. The number of anilines is 1. The van der Waals surface area contributed by atoms with Gasteiger partial charge in [-0.3, -0.25) is 9.78 Å². The molecule has 4 heterocycles. The number of carbonyl (C=O) groups is 1. The Hall–Kier alpha value is -3.52. The van der Waals surface area contributed by atoms with Crippen LogP contribution in [0.25, 0.3) is 21.6 Å². The molecule has 30 heavy (non-hydrogen) atoms. The van der Waals surface area contributed by atoms with Gasteiger partial charge < -0.3 is 14.5 Å². The maximum atomic E-state index is 13.7. The number of amides is 1. The zero-order valence-electron chi connectivity index (χ0n) is 16.7. The minimum Gasteiger partial charge on any atom is -0.481 e. The van der Waals surface area contributed by atoms with Crippen LogP contribution in [0.1, 0.15) is 23.5 Å². The molecule has 4 aromatic rings. The van der Waals surface area contributed by atoms with E-state index in [2.05, 4.69) is 15.3 Å². The van der Waals surface area contributed by atoms with Gasteiger partial charge in [-0.2, -0.15) is 0 Å². The second-order valence-corrected chi connectivity index (χ2v) is 6.85. The maximum Gasteiger partial charge on any atom is 0.265 e. The maximum absolute atomic E-state index is 13.7. The minimum absolute atomic E-state index is 0.0798. The van der Waals surface area contributed by atoms with Gasteiger partial charge in [-0.1, -0.05) is 13.8 Å². The number of pyridine rings is 2. The van der Waals surface area contributed by atoms with E-state index >= 15 is 0 Å². The predicted octanol–water partition coefficient (Wildman–Crippen LogP) is 5.89. The molecule has 1 amide bonds. The molecule has 0 aliphatic rings. The molecule has 0 bridgehead atoms. The Bertz CT molecular complexity index is 1130. The van der Waals surface area contributed by atoms with Crippen LogP contribution >= 0.6 is 11.3 Å². The van der Waals surface area contributed by atoms with Crippen LogP contribution in [0, 0.1) is 5.82 Å². The van der Waals surface area contributed by atoms with Gasteiger partial charge in [0.1, 0.15) is 0 Å². The first-order valence-electron chi connectivity index (χ1n) is 9.23. The van der Waals surface area contributed by atoms with Crippen LogP contribution in [-0.2, 0) is 0 Å². The fourth-order valence-electron chi connectivity index (χ4n) is 2.64. The van der Waals surface area contributed by atoms with E-state index in [9.17, 15) is 9.18 Å². The second-order valence-electron chi connectivity index (χ2n) is 5.77. The fourth-order valence-corrected chi connectivity index (χ4v) is 3.55. The Labute approximate surface area is 177 Å². The lowest BCUT2D eigenvalue weighted by atomic mass is 10.1. The van der Waals surface area contributed by atoms with Crippen molar-refractivity contribution in [1.29, 1.82) is 0 Å². The van der Waals surface area contributed by atoms with E-state index in [-0.39, 0.29) is 5.69 Å². The summed E-state index contributed by atoms with van der Waals surface area (Å²) in [5.41, 5.74) is 2.58. The van der Waals surface area contributed by atoms with E-state index in [1.54, 1.807) is 30.9 Å². The SMILES string of the molecule is CC.COc1ncc(-c2ccoc2)cc1-c1ccc(C(=O)Nc2ccncc2F)s1. The number of carbonyl (C=O) groups excluding carboxylic acids is 1. The molecule has 0 spiro atoms. The van der Waals surface area contributed by atoms with Crippen molar-refractivity contribution >= 4 is 22.9 Å².